The highest BCUT2D eigenvalue weighted by Gasteiger charge is 2.25. The lowest BCUT2D eigenvalue weighted by Crippen LogP contribution is -2.48. The molecule has 10 N–H and O–H groups in total. The first kappa shape index (κ1) is 65.7. The quantitative estimate of drug-likeness (QED) is 0.0568. The Morgan fingerprint density at radius 1 is 0.351 bits per heavy atom. The maximum Gasteiger partial charge on any atom is 0.247 e. The Morgan fingerprint density at radius 3 is 0.526 bits per heavy atom. The van der Waals surface area contributed by atoms with Crippen LogP contribution in [0.25, 0.3) is 0 Å². The van der Waals surface area contributed by atoms with Gasteiger partial charge in [0.1, 0.15) is 0 Å². The first-order valence-corrected chi connectivity index (χ1v) is 17.2. The van der Waals surface area contributed by atoms with Gasteiger partial charge in [-0.3, -0.25) is 24.0 Å². The van der Waals surface area contributed by atoms with Gasteiger partial charge in [-0.1, -0.05) is 0 Å². The van der Waals surface area contributed by atoms with Gasteiger partial charge in [-0.15, -0.1) is 0 Å². The molecule has 57 heavy (non-hydrogen) atoms. The summed E-state index contributed by atoms with van der Waals surface area (Å²) in [6, 6.07) is 0. The molecule has 0 unspecified atom stereocenters. The molecule has 0 aromatic rings. The molecule has 23 nitrogen and oxygen atoms in total. The molecule has 344 valence electrons. The Balaban J connectivity index is -0.000000137. The summed E-state index contributed by atoms with van der Waals surface area (Å²) in [5.41, 5.74) is 10.3. The third-order valence-electron chi connectivity index (χ3n) is 6.55. The van der Waals surface area contributed by atoms with Crippen molar-refractivity contribution in [2.75, 3.05) is 97.3 Å². The second-order valence-corrected chi connectivity index (χ2v) is 11.5. The van der Waals surface area contributed by atoms with E-state index in [4.69, 9.17) is 58.8 Å². The third kappa shape index (κ3) is 43.8. The fourth-order valence-electron chi connectivity index (χ4n) is 2.85. The van der Waals surface area contributed by atoms with E-state index in [0.717, 1.165) is 13.1 Å². The molecule has 5 amide bonds. The lowest BCUT2D eigenvalue weighted by Gasteiger charge is -2.26. The van der Waals surface area contributed by atoms with Crippen LogP contribution in [0.2, 0.25) is 0 Å². The van der Waals surface area contributed by atoms with Crippen molar-refractivity contribution in [3.05, 3.63) is 0 Å². The Hall–Kier alpha value is -3.17. The van der Waals surface area contributed by atoms with Crippen LogP contribution in [0, 0.1) is 0 Å². The summed E-state index contributed by atoms with van der Waals surface area (Å²) in [5.74, 6) is -5.91. The minimum Gasteiger partial charge on any atom is -0.336 e. The normalized spacial score (nSPS) is 11.0. The lowest BCUT2D eigenvalue weighted by molar-refractivity contribution is -0.214. The van der Waals surface area contributed by atoms with Gasteiger partial charge in [0.05, 0.1) is 0 Å². The van der Waals surface area contributed by atoms with E-state index in [1.807, 2.05) is 0 Å². The molecule has 0 saturated heterocycles. The molecule has 0 aliphatic heterocycles. The maximum atomic E-state index is 10.5. The van der Waals surface area contributed by atoms with Crippen molar-refractivity contribution in [2.45, 2.75) is 98.8 Å². The van der Waals surface area contributed by atoms with E-state index in [-0.39, 0.29) is 29.5 Å². The molecule has 0 atom stereocenters. The zero-order valence-electron chi connectivity index (χ0n) is 38.1. The zero-order valence-corrected chi connectivity index (χ0v) is 38.1. The molecule has 0 radical (unpaired) electrons. The van der Waals surface area contributed by atoms with Gasteiger partial charge in [0.15, 0.2) is 0 Å². The number of nitrogens with two attached hydrogens (primary N) is 2. The Labute approximate surface area is 340 Å². The van der Waals surface area contributed by atoms with Crippen LogP contribution >= 0.6 is 0 Å². The number of methoxy groups -OCH3 is 10. The number of nitrogens with one attached hydrogen (secondary N) is 6. The number of carbonyl (C=O) groups excluding carboxylic acids is 5. The molecule has 0 aromatic carbocycles. The molecule has 0 bridgehead atoms. The van der Waals surface area contributed by atoms with Crippen LogP contribution in [-0.2, 0) is 71.3 Å². The third-order valence-corrected chi connectivity index (χ3v) is 6.55. The van der Waals surface area contributed by atoms with Crippen LogP contribution in [0.4, 0.5) is 0 Å². The van der Waals surface area contributed by atoms with Gasteiger partial charge in [-0.05, 0) is 0 Å². The van der Waals surface area contributed by atoms with E-state index in [1.165, 1.54) is 106 Å². The summed E-state index contributed by atoms with van der Waals surface area (Å²) in [6.45, 7) is 18.2. The molecule has 0 saturated carbocycles. The second-order valence-electron chi connectivity index (χ2n) is 11.5. The molecule has 0 aliphatic rings. The molecule has 0 rings (SSSR count). The summed E-state index contributed by atoms with van der Waals surface area (Å²) in [6.07, 6.45) is 0. The average molecular weight is 839 g/mol. The van der Waals surface area contributed by atoms with Gasteiger partial charge in [-0.25, -0.2) is 0 Å². The molecule has 0 aliphatic carbocycles. The first-order chi connectivity index (χ1) is 26.1. The van der Waals surface area contributed by atoms with Crippen molar-refractivity contribution in [1.82, 2.24) is 31.9 Å². The topological polar surface area (TPSA) is 302 Å². The van der Waals surface area contributed by atoms with E-state index in [2.05, 4.69) is 31.9 Å². The van der Waals surface area contributed by atoms with Gasteiger partial charge in [0.2, 0.25) is 59.1 Å². The highest BCUT2D eigenvalue weighted by Crippen LogP contribution is 2.06. The van der Waals surface area contributed by atoms with Gasteiger partial charge in [0, 0.05) is 167 Å². The van der Waals surface area contributed by atoms with Crippen molar-refractivity contribution < 1.29 is 71.3 Å². The van der Waals surface area contributed by atoms with Gasteiger partial charge < -0.3 is 90.7 Å². The minimum atomic E-state index is -0.994. The fraction of sp³-hybridized carbons (Fsp3) is 0.853. The van der Waals surface area contributed by atoms with Crippen LogP contribution in [0.1, 0.15) is 69.2 Å². The van der Waals surface area contributed by atoms with Crippen molar-refractivity contribution >= 4 is 29.5 Å². The van der Waals surface area contributed by atoms with E-state index in [0.29, 0.717) is 13.1 Å². The predicted octanol–water partition coefficient (Wildman–Crippen LogP) is -1.06. The molecule has 0 spiro atoms. The summed E-state index contributed by atoms with van der Waals surface area (Å²) >= 11 is 0. The van der Waals surface area contributed by atoms with Crippen molar-refractivity contribution in [1.29, 1.82) is 0 Å². The predicted molar refractivity (Wildman–Crippen MR) is 212 cm³/mol. The van der Waals surface area contributed by atoms with E-state index >= 15 is 0 Å². The monoisotopic (exact) mass is 839 g/mol. The number of rotatable bonds is 19. The van der Waals surface area contributed by atoms with E-state index in [9.17, 15) is 24.0 Å². The van der Waals surface area contributed by atoms with Gasteiger partial charge in [-0.2, -0.15) is 0 Å². The van der Waals surface area contributed by atoms with E-state index in [1.54, 1.807) is 34.6 Å². The van der Waals surface area contributed by atoms with Gasteiger partial charge >= 0.3 is 0 Å². The summed E-state index contributed by atoms with van der Waals surface area (Å²) < 4.78 is 48.4. The molecule has 0 fully saturated rings. The molecular weight excluding hydrogens is 760 g/mol. The van der Waals surface area contributed by atoms with Crippen molar-refractivity contribution in [3.63, 3.8) is 0 Å². The summed E-state index contributed by atoms with van der Waals surface area (Å²) in [7, 11) is 14.6. The molecule has 0 aromatic heterocycles. The van der Waals surface area contributed by atoms with E-state index < -0.39 is 29.6 Å². The smallest absolute Gasteiger partial charge is 0.247 e. The number of hydrogen-bond donors (Lipinski definition) is 8. The van der Waals surface area contributed by atoms with Crippen LogP contribution in [0.15, 0.2) is 0 Å². The minimum absolute atomic E-state index is 0.189. The van der Waals surface area contributed by atoms with Crippen LogP contribution in [0.5, 0.6) is 0 Å². The highest BCUT2D eigenvalue weighted by molar-refractivity contribution is 5.74. The SMILES string of the molecule is COC(C)(NC(C)=O)OC.COC(C)(NC(C)=O)OC.COC(C)(NC(C)=O)OC.COC(C)(NC(C)=O)OC.COC(C)(NC(C)=O)OC.NCCNCCN. The van der Waals surface area contributed by atoms with Gasteiger partial charge in [0.25, 0.3) is 0 Å². The zero-order chi connectivity index (χ0) is 46.5. The number of hydrogen-bond acceptors (Lipinski definition) is 18. The largest absolute Gasteiger partial charge is 0.336 e. The van der Waals surface area contributed by atoms with Crippen molar-refractivity contribution in [2.24, 2.45) is 11.5 Å². The second kappa shape index (κ2) is 37.1. The van der Waals surface area contributed by atoms with Crippen molar-refractivity contribution in [3.8, 4) is 0 Å². The number of carbonyl (C=O) groups is 5. The Bertz CT molecular complexity index is 860. The fourth-order valence-corrected chi connectivity index (χ4v) is 2.85. The standard InChI is InChI=1S/5C6H13NO3.C4H13N3/c5*1-5(8)7-6(2,9-3)10-4;5-1-3-7-4-2-6/h5*1-4H3,(H,7,8);7H,1-6H2. The summed E-state index contributed by atoms with van der Waals surface area (Å²) in [5, 5.41) is 15.4. The van der Waals surface area contributed by atoms with Crippen LogP contribution in [-0.4, -0.2) is 156 Å². The lowest BCUT2D eigenvalue weighted by atomic mass is 10.5. The highest BCUT2D eigenvalue weighted by atomic mass is 16.7. The Morgan fingerprint density at radius 2 is 0.474 bits per heavy atom. The number of amides is 5. The maximum absolute atomic E-state index is 10.5. The van der Waals surface area contributed by atoms with Crippen LogP contribution < -0.4 is 43.4 Å². The molecule has 23 heteroatoms. The summed E-state index contributed by atoms with van der Waals surface area (Å²) in [4.78, 5) is 52.5. The van der Waals surface area contributed by atoms with Crippen LogP contribution in [0.3, 0.4) is 0 Å². The first-order valence-electron chi connectivity index (χ1n) is 17.2. The molecule has 0 heterocycles. The molecular formula is C34H78N8O15. The average Bonchev–Trinajstić information content (AvgIpc) is 3.14. The Kier molecular flexibility index (Phi) is 42.8. The number of ether oxygens (including phenoxy) is 10.